The van der Waals surface area contributed by atoms with Crippen LogP contribution in [0.1, 0.15) is 30.9 Å². The van der Waals surface area contributed by atoms with Gasteiger partial charge in [0.05, 0.1) is 0 Å². The van der Waals surface area contributed by atoms with Crippen molar-refractivity contribution in [2.75, 3.05) is 13.6 Å². The average molecular weight is 373 g/mol. The van der Waals surface area contributed by atoms with Gasteiger partial charge in [0.1, 0.15) is 0 Å². The molecule has 3 nitrogen and oxygen atoms in total. The maximum atomic E-state index is 4.25. The molecule has 0 bridgehead atoms. The third-order valence-corrected chi connectivity index (χ3v) is 3.42. The van der Waals surface area contributed by atoms with Crippen LogP contribution in [0.25, 0.3) is 0 Å². The first-order valence-electron chi connectivity index (χ1n) is 6.84. The summed E-state index contributed by atoms with van der Waals surface area (Å²) in [5.41, 5.74) is 2.76. The number of guanidine groups is 1. The van der Waals surface area contributed by atoms with Crippen molar-refractivity contribution in [3.8, 4) is 0 Å². The maximum absolute atomic E-state index is 4.25. The van der Waals surface area contributed by atoms with E-state index in [4.69, 9.17) is 0 Å². The summed E-state index contributed by atoms with van der Waals surface area (Å²) in [5, 5.41) is 6.76. The Labute approximate surface area is 133 Å². The molecule has 0 atom stereocenters. The molecule has 0 saturated heterocycles. The van der Waals surface area contributed by atoms with E-state index in [1.54, 1.807) is 0 Å². The van der Waals surface area contributed by atoms with Crippen molar-refractivity contribution >= 4 is 29.9 Å². The van der Waals surface area contributed by atoms with Crippen LogP contribution in [0.5, 0.6) is 0 Å². The molecule has 1 aliphatic carbocycles. The van der Waals surface area contributed by atoms with Crippen molar-refractivity contribution in [2.45, 2.75) is 32.7 Å². The Bertz CT molecular complexity index is 414. The first kappa shape index (κ1) is 16.3. The van der Waals surface area contributed by atoms with E-state index in [-0.39, 0.29) is 24.0 Å². The zero-order valence-electron chi connectivity index (χ0n) is 11.8. The SMILES string of the molecule is CCc1ccccc1CNC(=NC)NCC1CC1.I. The van der Waals surface area contributed by atoms with Crippen molar-refractivity contribution in [3.05, 3.63) is 35.4 Å². The number of nitrogens with one attached hydrogen (secondary N) is 2. The van der Waals surface area contributed by atoms with Crippen LogP contribution < -0.4 is 10.6 Å². The second-order valence-electron chi connectivity index (χ2n) is 4.87. The van der Waals surface area contributed by atoms with Gasteiger partial charge >= 0.3 is 0 Å². The van der Waals surface area contributed by atoms with Gasteiger partial charge in [-0.3, -0.25) is 4.99 Å². The molecule has 0 amide bonds. The van der Waals surface area contributed by atoms with Gasteiger partial charge in [0, 0.05) is 20.1 Å². The van der Waals surface area contributed by atoms with E-state index in [0.717, 1.165) is 31.4 Å². The predicted molar refractivity (Wildman–Crippen MR) is 92.2 cm³/mol. The van der Waals surface area contributed by atoms with Gasteiger partial charge in [0.15, 0.2) is 5.96 Å². The lowest BCUT2D eigenvalue weighted by molar-refractivity contribution is 0.736. The first-order chi connectivity index (χ1) is 8.83. The molecule has 0 spiro atoms. The highest BCUT2D eigenvalue weighted by atomic mass is 127. The van der Waals surface area contributed by atoms with Crippen molar-refractivity contribution in [1.82, 2.24) is 10.6 Å². The zero-order chi connectivity index (χ0) is 12.8. The second kappa shape index (κ2) is 8.40. The highest BCUT2D eigenvalue weighted by molar-refractivity contribution is 14.0. The fraction of sp³-hybridized carbons (Fsp3) is 0.533. The average Bonchev–Trinajstić information content (AvgIpc) is 3.23. The fourth-order valence-corrected chi connectivity index (χ4v) is 2.04. The van der Waals surface area contributed by atoms with Crippen LogP contribution >= 0.6 is 24.0 Å². The molecular weight excluding hydrogens is 349 g/mol. The minimum Gasteiger partial charge on any atom is -0.356 e. The van der Waals surface area contributed by atoms with Gasteiger partial charge in [-0.2, -0.15) is 0 Å². The number of halogens is 1. The van der Waals surface area contributed by atoms with Crippen molar-refractivity contribution in [3.63, 3.8) is 0 Å². The zero-order valence-corrected chi connectivity index (χ0v) is 14.1. The minimum atomic E-state index is 0. The molecule has 2 rings (SSSR count). The molecule has 1 aromatic rings. The van der Waals surface area contributed by atoms with Crippen LogP contribution in [-0.4, -0.2) is 19.6 Å². The largest absolute Gasteiger partial charge is 0.356 e. The predicted octanol–water partition coefficient (Wildman–Crippen LogP) is 2.94. The number of aryl methyl sites for hydroxylation is 1. The van der Waals surface area contributed by atoms with Crippen molar-refractivity contribution in [2.24, 2.45) is 10.9 Å². The number of nitrogens with zero attached hydrogens (tertiary/aromatic N) is 1. The van der Waals surface area contributed by atoms with Crippen LogP contribution in [0.15, 0.2) is 29.3 Å². The van der Waals surface area contributed by atoms with E-state index in [2.05, 4.69) is 46.8 Å². The molecule has 1 fully saturated rings. The van der Waals surface area contributed by atoms with Gasteiger partial charge in [0.2, 0.25) is 0 Å². The Morgan fingerprint density at radius 3 is 2.47 bits per heavy atom. The van der Waals surface area contributed by atoms with Crippen molar-refractivity contribution < 1.29 is 0 Å². The number of hydrogen-bond donors (Lipinski definition) is 2. The molecule has 1 saturated carbocycles. The van der Waals surface area contributed by atoms with Crippen LogP contribution in [0.2, 0.25) is 0 Å². The maximum Gasteiger partial charge on any atom is 0.191 e. The number of benzene rings is 1. The van der Waals surface area contributed by atoms with Crippen LogP contribution in [0, 0.1) is 5.92 Å². The summed E-state index contributed by atoms with van der Waals surface area (Å²) < 4.78 is 0. The first-order valence-corrected chi connectivity index (χ1v) is 6.84. The standard InChI is InChI=1S/C15H23N3.HI/c1-3-13-6-4-5-7-14(13)11-18-15(16-2)17-10-12-8-9-12;/h4-7,12H,3,8-11H2,1-2H3,(H2,16,17,18);1H. The third kappa shape index (κ3) is 5.38. The van der Waals surface area contributed by atoms with E-state index in [1.165, 1.54) is 24.0 Å². The van der Waals surface area contributed by atoms with E-state index >= 15 is 0 Å². The number of rotatable bonds is 5. The summed E-state index contributed by atoms with van der Waals surface area (Å²) in [4.78, 5) is 4.25. The Balaban J connectivity index is 0.00000180. The minimum absolute atomic E-state index is 0. The summed E-state index contributed by atoms with van der Waals surface area (Å²) in [6.07, 6.45) is 3.80. The van der Waals surface area contributed by atoms with Gasteiger partial charge in [0.25, 0.3) is 0 Å². The molecule has 0 unspecified atom stereocenters. The van der Waals surface area contributed by atoms with Crippen LogP contribution in [0.3, 0.4) is 0 Å². The molecule has 0 aliphatic heterocycles. The van der Waals surface area contributed by atoms with E-state index in [1.807, 2.05) is 7.05 Å². The fourth-order valence-electron chi connectivity index (χ4n) is 2.04. The lowest BCUT2D eigenvalue weighted by Gasteiger charge is -2.13. The highest BCUT2D eigenvalue weighted by Gasteiger charge is 2.20. The normalized spacial score (nSPS) is 14.7. The Morgan fingerprint density at radius 2 is 1.89 bits per heavy atom. The monoisotopic (exact) mass is 373 g/mol. The summed E-state index contributed by atoms with van der Waals surface area (Å²) in [5.74, 6) is 1.78. The molecule has 106 valence electrons. The Kier molecular flexibility index (Phi) is 7.20. The number of hydrogen-bond acceptors (Lipinski definition) is 1. The van der Waals surface area contributed by atoms with E-state index in [0.29, 0.717) is 0 Å². The van der Waals surface area contributed by atoms with Gasteiger partial charge in [-0.25, -0.2) is 0 Å². The van der Waals surface area contributed by atoms with E-state index in [9.17, 15) is 0 Å². The quantitative estimate of drug-likeness (QED) is 0.473. The Hall–Kier alpha value is -0.780. The van der Waals surface area contributed by atoms with Crippen LogP contribution in [-0.2, 0) is 13.0 Å². The van der Waals surface area contributed by atoms with E-state index < -0.39 is 0 Å². The molecular formula is C15H24IN3. The molecule has 0 heterocycles. The molecule has 1 aliphatic rings. The van der Waals surface area contributed by atoms with Crippen molar-refractivity contribution in [1.29, 1.82) is 0 Å². The Morgan fingerprint density at radius 1 is 1.21 bits per heavy atom. The van der Waals surface area contributed by atoms with Gasteiger partial charge < -0.3 is 10.6 Å². The third-order valence-electron chi connectivity index (χ3n) is 3.42. The van der Waals surface area contributed by atoms with Gasteiger partial charge in [-0.15, -0.1) is 24.0 Å². The lowest BCUT2D eigenvalue weighted by atomic mass is 10.1. The topological polar surface area (TPSA) is 36.4 Å². The van der Waals surface area contributed by atoms with Gasteiger partial charge in [-0.1, -0.05) is 31.2 Å². The molecule has 0 aromatic heterocycles. The highest BCUT2D eigenvalue weighted by Crippen LogP contribution is 2.27. The smallest absolute Gasteiger partial charge is 0.191 e. The lowest BCUT2D eigenvalue weighted by Crippen LogP contribution is -2.38. The second-order valence-corrected chi connectivity index (χ2v) is 4.87. The van der Waals surface area contributed by atoms with Crippen LogP contribution in [0.4, 0.5) is 0 Å². The summed E-state index contributed by atoms with van der Waals surface area (Å²) in [6, 6.07) is 8.57. The summed E-state index contributed by atoms with van der Waals surface area (Å²) in [7, 11) is 1.83. The molecule has 0 radical (unpaired) electrons. The molecule has 4 heteroatoms. The molecule has 2 N–H and O–H groups in total. The molecule has 1 aromatic carbocycles. The summed E-state index contributed by atoms with van der Waals surface area (Å²) in [6.45, 7) is 4.09. The number of aliphatic imine (C=N–C) groups is 1. The summed E-state index contributed by atoms with van der Waals surface area (Å²) >= 11 is 0. The van der Waals surface area contributed by atoms with Gasteiger partial charge in [-0.05, 0) is 36.3 Å². The molecule has 19 heavy (non-hydrogen) atoms.